The van der Waals surface area contributed by atoms with Crippen molar-refractivity contribution in [3.63, 3.8) is 0 Å². The zero-order valence-corrected chi connectivity index (χ0v) is 16.2. The second-order valence-electron chi connectivity index (χ2n) is 6.79. The van der Waals surface area contributed by atoms with Crippen LogP contribution in [0.1, 0.15) is 56.2 Å². The number of rotatable bonds is 8. The molecule has 2 aromatic rings. The molecule has 0 heterocycles. The summed E-state index contributed by atoms with van der Waals surface area (Å²) >= 11 is 0. The third-order valence-corrected chi connectivity index (χ3v) is 4.25. The zero-order valence-electron chi connectivity index (χ0n) is 16.2. The van der Waals surface area contributed by atoms with Gasteiger partial charge in [0.1, 0.15) is 5.75 Å². The van der Waals surface area contributed by atoms with Crippen LogP contribution in [-0.4, -0.2) is 12.5 Å². The molecule has 0 fully saturated rings. The number of amides is 1. The Kier molecular flexibility index (Phi) is 7.46. The monoisotopic (exact) mass is 351 g/mol. The van der Waals surface area contributed by atoms with Crippen molar-refractivity contribution in [1.29, 1.82) is 0 Å². The topological polar surface area (TPSA) is 38.3 Å². The molecule has 0 aliphatic rings. The van der Waals surface area contributed by atoms with Crippen LogP contribution in [0.25, 0.3) is 6.08 Å². The van der Waals surface area contributed by atoms with Crippen LogP contribution in [0.3, 0.4) is 0 Å². The van der Waals surface area contributed by atoms with Gasteiger partial charge in [0, 0.05) is 11.8 Å². The summed E-state index contributed by atoms with van der Waals surface area (Å²) in [4.78, 5) is 12.3. The van der Waals surface area contributed by atoms with Gasteiger partial charge in [-0.15, -0.1) is 0 Å². The lowest BCUT2D eigenvalue weighted by Gasteiger charge is -2.15. The largest absolute Gasteiger partial charge is 0.494 e. The molecule has 26 heavy (non-hydrogen) atoms. The van der Waals surface area contributed by atoms with Crippen LogP contribution in [0, 0.1) is 6.92 Å². The van der Waals surface area contributed by atoms with E-state index >= 15 is 0 Å². The van der Waals surface area contributed by atoms with Crippen LogP contribution in [0.4, 0.5) is 5.69 Å². The number of para-hydroxylation sites is 1. The molecule has 0 spiro atoms. The molecule has 0 aliphatic heterocycles. The predicted molar refractivity (Wildman–Crippen MR) is 110 cm³/mol. The van der Waals surface area contributed by atoms with Crippen molar-refractivity contribution in [2.75, 3.05) is 11.9 Å². The molecule has 0 aliphatic carbocycles. The average Bonchev–Trinajstić information content (AvgIpc) is 2.63. The SMILES string of the molecule is CCCCOc1ccc(C=CC(=O)Nc2c(C)cccc2C(C)C)cc1. The lowest BCUT2D eigenvalue weighted by atomic mass is 9.98. The van der Waals surface area contributed by atoms with Crippen LogP contribution in [0.15, 0.2) is 48.5 Å². The first-order valence-electron chi connectivity index (χ1n) is 9.32. The smallest absolute Gasteiger partial charge is 0.248 e. The normalized spacial score (nSPS) is 11.1. The summed E-state index contributed by atoms with van der Waals surface area (Å²) in [6.45, 7) is 9.16. The highest BCUT2D eigenvalue weighted by Gasteiger charge is 2.10. The minimum atomic E-state index is -0.121. The standard InChI is InChI=1S/C23H29NO2/c1-5-6-16-26-20-13-10-19(11-14-20)12-15-22(25)24-23-18(4)8-7-9-21(23)17(2)3/h7-15,17H,5-6,16H2,1-4H3,(H,24,25). The first-order chi connectivity index (χ1) is 12.5. The number of hydrogen-bond donors (Lipinski definition) is 1. The fourth-order valence-corrected chi connectivity index (χ4v) is 2.69. The predicted octanol–water partition coefficient (Wildman–Crippen LogP) is 5.95. The highest BCUT2D eigenvalue weighted by molar-refractivity contribution is 6.02. The van der Waals surface area contributed by atoms with Crippen molar-refractivity contribution in [1.82, 2.24) is 0 Å². The molecule has 1 amide bonds. The Morgan fingerprint density at radius 3 is 2.54 bits per heavy atom. The summed E-state index contributed by atoms with van der Waals surface area (Å²) in [5.74, 6) is 1.10. The van der Waals surface area contributed by atoms with E-state index in [-0.39, 0.29) is 5.91 Å². The maximum absolute atomic E-state index is 12.3. The first kappa shape index (κ1) is 19.8. The van der Waals surface area contributed by atoms with E-state index in [9.17, 15) is 4.79 Å². The van der Waals surface area contributed by atoms with Gasteiger partial charge in [-0.25, -0.2) is 0 Å². The molecule has 2 rings (SSSR count). The average molecular weight is 351 g/mol. The Balaban J connectivity index is 2.00. The maximum Gasteiger partial charge on any atom is 0.248 e. The molecule has 2 aromatic carbocycles. The summed E-state index contributed by atoms with van der Waals surface area (Å²) in [5.41, 5.74) is 4.11. The van der Waals surface area contributed by atoms with Gasteiger partial charge in [-0.3, -0.25) is 4.79 Å². The van der Waals surface area contributed by atoms with Gasteiger partial charge in [0.2, 0.25) is 5.91 Å². The minimum Gasteiger partial charge on any atom is -0.494 e. The lowest BCUT2D eigenvalue weighted by molar-refractivity contribution is -0.111. The summed E-state index contributed by atoms with van der Waals surface area (Å²) in [5, 5.41) is 3.03. The molecule has 0 aromatic heterocycles. The fourth-order valence-electron chi connectivity index (χ4n) is 2.69. The molecular formula is C23H29NO2. The third kappa shape index (κ3) is 5.76. The molecule has 0 radical (unpaired) electrons. The second-order valence-corrected chi connectivity index (χ2v) is 6.79. The number of benzene rings is 2. The molecule has 0 saturated carbocycles. The highest BCUT2D eigenvalue weighted by atomic mass is 16.5. The molecule has 0 unspecified atom stereocenters. The zero-order chi connectivity index (χ0) is 18.9. The molecule has 0 bridgehead atoms. The van der Waals surface area contributed by atoms with Gasteiger partial charge in [0.05, 0.1) is 6.61 Å². The van der Waals surface area contributed by atoms with E-state index in [4.69, 9.17) is 4.74 Å². The number of anilines is 1. The van der Waals surface area contributed by atoms with Crippen LogP contribution in [0.5, 0.6) is 5.75 Å². The second kappa shape index (κ2) is 9.81. The number of aryl methyl sites for hydroxylation is 1. The van der Waals surface area contributed by atoms with Crippen LogP contribution >= 0.6 is 0 Å². The molecular weight excluding hydrogens is 322 g/mol. The maximum atomic E-state index is 12.3. The number of unbranched alkanes of at least 4 members (excludes halogenated alkanes) is 1. The van der Waals surface area contributed by atoms with Crippen LogP contribution in [0.2, 0.25) is 0 Å². The van der Waals surface area contributed by atoms with E-state index in [1.807, 2.05) is 49.4 Å². The van der Waals surface area contributed by atoms with Crippen molar-refractivity contribution in [3.8, 4) is 5.75 Å². The number of nitrogens with one attached hydrogen (secondary N) is 1. The highest BCUT2D eigenvalue weighted by Crippen LogP contribution is 2.27. The molecule has 0 atom stereocenters. The van der Waals surface area contributed by atoms with E-state index < -0.39 is 0 Å². The fraction of sp³-hybridized carbons (Fsp3) is 0.348. The van der Waals surface area contributed by atoms with Crippen molar-refractivity contribution in [2.45, 2.75) is 46.5 Å². The van der Waals surface area contributed by atoms with Gasteiger partial charge in [0.25, 0.3) is 0 Å². The number of ether oxygens (including phenoxy) is 1. The lowest BCUT2D eigenvalue weighted by Crippen LogP contribution is -2.11. The van der Waals surface area contributed by atoms with Gasteiger partial charge in [-0.05, 0) is 54.2 Å². The molecule has 138 valence electrons. The summed E-state index contributed by atoms with van der Waals surface area (Å²) in [6.07, 6.45) is 5.57. The molecule has 1 N–H and O–H groups in total. The molecule has 3 nitrogen and oxygen atoms in total. The van der Waals surface area contributed by atoms with Gasteiger partial charge in [-0.1, -0.05) is 57.5 Å². The van der Waals surface area contributed by atoms with Crippen molar-refractivity contribution in [2.24, 2.45) is 0 Å². The summed E-state index contributed by atoms with van der Waals surface area (Å²) < 4.78 is 5.65. The number of carbonyl (C=O) groups excluding carboxylic acids is 1. The Labute approximate surface area is 157 Å². The van der Waals surface area contributed by atoms with Gasteiger partial charge >= 0.3 is 0 Å². The Morgan fingerprint density at radius 1 is 1.15 bits per heavy atom. The Hall–Kier alpha value is -2.55. The summed E-state index contributed by atoms with van der Waals surface area (Å²) in [7, 11) is 0. The third-order valence-electron chi connectivity index (χ3n) is 4.25. The Bertz CT molecular complexity index is 745. The molecule has 0 saturated heterocycles. The van der Waals surface area contributed by atoms with Crippen LogP contribution in [-0.2, 0) is 4.79 Å². The Morgan fingerprint density at radius 2 is 1.88 bits per heavy atom. The van der Waals surface area contributed by atoms with E-state index in [1.54, 1.807) is 6.08 Å². The quantitative estimate of drug-likeness (QED) is 0.471. The van der Waals surface area contributed by atoms with Gasteiger partial charge in [-0.2, -0.15) is 0 Å². The van der Waals surface area contributed by atoms with Crippen molar-refractivity contribution >= 4 is 17.7 Å². The van der Waals surface area contributed by atoms with E-state index in [0.717, 1.165) is 47.6 Å². The van der Waals surface area contributed by atoms with E-state index in [0.29, 0.717) is 5.92 Å². The van der Waals surface area contributed by atoms with Crippen molar-refractivity contribution < 1.29 is 9.53 Å². The number of hydrogen-bond acceptors (Lipinski definition) is 2. The first-order valence-corrected chi connectivity index (χ1v) is 9.32. The van der Waals surface area contributed by atoms with Crippen molar-refractivity contribution in [3.05, 3.63) is 65.2 Å². The van der Waals surface area contributed by atoms with Gasteiger partial charge < -0.3 is 10.1 Å². The summed E-state index contributed by atoms with van der Waals surface area (Å²) in [6, 6.07) is 13.9. The van der Waals surface area contributed by atoms with E-state index in [1.165, 1.54) is 0 Å². The van der Waals surface area contributed by atoms with Crippen LogP contribution < -0.4 is 10.1 Å². The van der Waals surface area contributed by atoms with Gasteiger partial charge in [0.15, 0.2) is 0 Å². The van der Waals surface area contributed by atoms with E-state index in [2.05, 4.69) is 32.2 Å². The number of carbonyl (C=O) groups is 1. The molecule has 3 heteroatoms. The minimum absolute atomic E-state index is 0.121.